The van der Waals surface area contributed by atoms with E-state index < -0.39 is 0 Å². The molecule has 72 valence electrons. The Labute approximate surface area is 80.1 Å². The van der Waals surface area contributed by atoms with Gasteiger partial charge in [0.2, 0.25) is 5.95 Å². The molecule has 0 amide bonds. The number of nitrogens with two attached hydrogens (primary N) is 1. The van der Waals surface area contributed by atoms with Crippen molar-refractivity contribution in [3.05, 3.63) is 18.3 Å². The van der Waals surface area contributed by atoms with Crippen LogP contribution in [0.2, 0.25) is 0 Å². The molecular formula is C8H9N5O. The van der Waals surface area contributed by atoms with E-state index in [9.17, 15) is 0 Å². The molecule has 2 heterocycles. The van der Waals surface area contributed by atoms with Crippen molar-refractivity contribution in [2.24, 2.45) is 0 Å². The molecule has 2 aromatic rings. The number of hydrogen-bond acceptors (Lipinski definition) is 5. The van der Waals surface area contributed by atoms with E-state index in [1.807, 2.05) is 0 Å². The summed E-state index contributed by atoms with van der Waals surface area (Å²) in [5, 5.41) is 6.38. The molecule has 0 radical (unpaired) electrons. The van der Waals surface area contributed by atoms with Crippen LogP contribution in [0.25, 0.3) is 11.5 Å². The van der Waals surface area contributed by atoms with Gasteiger partial charge in [-0.2, -0.15) is 4.98 Å². The van der Waals surface area contributed by atoms with Gasteiger partial charge in [0.25, 0.3) is 0 Å². The number of nitrogens with one attached hydrogen (secondary N) is 1. The van der Waals surface area contributed by atoms with E-state index in [4.69, 9.17) is 10.5 Å². The first kappa shape index (κ1) is 8.49. The Hall–Kier alpha value is -2.11. The van der Waals surface area contributed by atoms with Crippen LogP contribution in [0.3, 0.4) is 0 Å². The third-order valence-electron chi connectivity index (χ3n) is 1.72. The number of nitrogens with zero attached hydrogens (tertiary/aromatic N) is 3. The van der Waals surface area contributed by atoms with E-state index in [1.54, 1.807) is 25.4 Å². The van der Waals surface area contributed by atoms with Crippen LogP contribution in [0.4, 0.5) is 5.95 Å². The second-order valence-electron chi connectivity index (χ2n) is 2.60. The highest BCUT2D eigenvalue weighted by Gasteiger charge is 2.10. The Bertz CT molecular complexity index is 439. The maximum atomic E-state index is 5.39. The van der Waals surface area contributed by atoms with Gasteiger partial charge in [-0.05, 0) is 12.1 Å². The molecule has 3 N–H and O–H groups in total. The molecule has 0 bridgehead atoms. The van der Waals surface area contributed by atoms with Crippen LogP contribution in [0, 0.1) is 0 Å². The lowest BCUT2D eigenvalue weighted by atomic mass is 10.3. The number of anilines is 1. The summed E-state index contributed by atoms with van der Waals surface area (Å²) in [6.07, 6.45) is 1.65. The number of pyridine rings is 1. The fourth-order valence-corrected chi connectivity index (χ4v) is 1.11. The van der Waals surface area contributed by atoms with Crippen LogP contribution in [0.5, 0.6) is 5.75 Å². The Morgan fingerprint density at radius 3 is 3.00 bits per heavy atom. The third-order valence-corrected chi connectivity index (χ3v) is 1.72. The van der Waals surface area contributed by atoms with Gasteiger partial charge in [-0.3, -0.25) is 5.10 Å². The smallest absolute Gasteiger partial charge is 0.239 e. The van der Waals surface area contributed by atoms with Crippen molar-refractivity contribution in [3.8, 4) is 17.3 Å². The second kappa shape index (κ2) is 3.33. The average Bonchev–Trinajstić information content (AvgIpc) is 2.65. The molecular weight excluding hydrogens is 182 g/mol. The molecule has 0 aliphatic heterocycles. The van der Waals surface area contributed by atoms with E-state index in [0.717, 1.165) is 0 Å². The summed E-state index contributed by atoms with van der Waals surface area (Å²) >= 11 is 0. The molecule has 14 heavy (non-hydrogen) atoms. The maximum Gasteiger partial charge on any atom is 0.239 e. The summed E-state index contributed by atoms with van der Waals surface area (Å²) in [7, 11) is 1.57. The molecule has 0 aromatic carbocycles. The van der Waals surface area contributed by atoms with Crippen molar-refractivity contribution >= 4 is 5.95 Å². The van der Waals surface area contributed by atoms with Crippen LogP contribution in [-0.2, 0) is 0 Å². The number of rotatable bonds is 2. The van der Waals surface area contributed by atoms with Crippen molar-refractivity contribution in [1.29, 1.82) is 0 Å². The van der Waals surface area contributed by atoms with Crippen LogP contribution in [0.15, 0.2) is 18.3 Å². The highest BCUT2D eigenvalue weighted by molar-refractivity contribution is 5.59. The third kappa shape index (κ3) is 1.37. The summed E-state index contributed by atoms with van der Waals surface area (Å²) in [5.41, 5.74) is 5.98. The van der Waals surface area contributed by atoms with Gasteiger partial charge in [-0.1, -0.05) is 0 Å². The zero-order chi connectivity index (χ0) is 9.97. The van der Waals surface area contributed by atoms with Gasteiger partial charge in [0.1, 0.15) is 11.4 Å². The first-order valence-electron chi connectivity index (χ1n) is 3.98. The molecule has 0 saturated heterocycles. The van der Waals surface area contributed by atoms with Gasteiger partial charge in [-0.25, -0.2) is 4.98 Å². The average molecular weight is 191 g/mol. The topological polar surface area (TPSA) is 89.7 Å². The fraction of sp³-hybridized carbons (Fsp3) is 0.125. The number of nitrogen functional groups attached to an aromatic ring is 1. The lowest BCUT2D eigenvalue weighted by molar-refractivity contribution is 0.414. The van der Waals surface area contributed by atoms with Crippen LogP contribution < -0.4 is 10.5 Å². The van der Waals surface area contributed by atoms with Crippen molar-refractivity contribution in [1.82, 2.24) is 20.2 Å². The molecule has 0 aliphatic rings. The van der Waals surface area contributed by atoms with Gasteiger partial charge in [0.15, 0.2) is 5.82 Å². The van der Waals surface area contributed by atoms with E-state index in [0.29, 0.717) is 17.3 Å². The minimum atomic E-state index is 0.188. The van der Waals surface area contributed by atoms with Crippen molar-refractivity contribution < 1.29 is 4.74 Å². The standard InChI is InChI=1S/C8H9N5O/c1-14-5-3-2-4-10-6(5)7-11-8(9)13-12-7/h2-4H,1H3,(H3,9,11,12,13). The van der Waals surface area contributed by atoms with Crippen LogP contribution >= 0.6 is 0 Å². The van der Waals surface area contributed by atoms with Gasteiger partial charge in [0, 0.05) is 6.20 Å². The first-order chi connectivity index (χ1) is 6.81. The molecule has 6 nitrogen and oxygen atoms in total. The molecule has 0 fully saturated rings. The first-order valence-corrected chi connectivity index (χ1v) is 3.98. The molecule has 0 unspecified atom stereocenters. The Morgan fingerprint density at radius 1 is 1.50 bits per heavy atom. The zero-order valence-corrected chi connectivity index (χ0v) is 7.56. The van der Waals surface area contributed by atoms with Crippen molar-refractivity contribution in [3.63, 3.8) is 0 Å². The molecule has 6 heteroatoms. The lowest BCUT2D eigenvalue weighted by Gasteiger charge is -2.02. The zero-order valence-electron chi connectivity index (χ0n) is 7.56. The quantitative estimate of drug-likeness (QED) is 0.719. The van der Waals surface area contributed by atoms with Gasteiger partial charge in [-0.15, -0.1) is 5.10 Å². The minimum Gasteiger partial charge on any atom is -0.494 e. The molecule has 0 saturated carbocycles. The summed E-state index contributed by atoms with van der Waals surface area (Å²) in [6.45, 7) is 0. The van der Waals surface area contributed by atoms with Crippen molar-refractivity contribution in [2.75, 3.05) is 12.8 Å². The second-order valence-corrected chi connectivity index (χ2v) is 2.60. The monoisotopic (exact) mass is 191 g/mol. The summed E-state index contributed by atoms with van der Waals surface area (Å²) < 4.78 is 5.12. The largest absolute Gasteiger partial charge is 0.494 e. The number of hydrogen-bond donors (Lipinski definition) is 2. The molecule has 2 aromatic heterocycles. The Morgan fingerprint density at radius 2 is 2.36 bits per heavy atom. The van der Waals surface area contributed by atoms with E-state index in [2.05, 4.69) is 20.2 Å². The number of ether oxygens (including phenoxy) is 1. The van der Waals surface area contributed by atoms with Crippen LogP contribution in [-0.4, -0.2) is 27.3 Å². The van der Waals surface area contributed by atoms with E-state index in [1.165, 1.54) is 0 Å². The van der Waals surface area contributed by atoms with Crippen molar-refractivity contribution in [2.45, 2.75) is 0 Å². The molecule has 0 aliphatic carbocycles. The molecule has 0 atom stereocenters. The van der Waals surface area contributed by atoms with Crippen LogP contribution in [0.1, 0.15) is 0 Å². The number of H-pyrrole nitrogens is 1. The van der Waals surface area contributed by atoms with Gasteiger partial charge >= 0.3 is 0 Å². The SMILES string of the molecule is COc1cccnc1-c1nc(N)n[nH]1. The summed E-state index contributed by atoms with van der Waals surface area (Å²) in [6, 6.07) is 3.57. The highest BCUT2D eigenvalue weighted by atomic mass is 16.5. The Kier molecular flexibility index (Phi) is 2.02. The fourth-order valence-electron chi connectivity index (χ4n) is 1.11. The highest BCUT2D eigenvalue weighted by Crippen LogP contribution is 2.23. The minimum absolute atomic E-state index is 0.188. The van der Waals surface area contributed by atoms with Gasteiger partial charge in [0.05, 0.1) is 7.11 Å². The normalized spacial score (nSPS) is 10.1. The summed E-state index contributed by atoms with van der Waals surface area (Å²) in [4.78, 5) is 8.08. The Balaban J connectivity index is 2.50. The predicted molar refractivity (Wildman–Crippen MR) is 50.6 cm³/mol. The number of aromatic amines is 1. The lowest BCUT2D eigenvalue weighted by Crippen LogP contribution is -1.92. The van der Waals surface area contributed by atoms with E-state index >= 15 is 0 Å². The number of aromatic nitrogens is 4. The maximum absolute atomic E-state index is 5.39. The molecule has 0 spiro atoms. The number of methoxy groups -OCH3 is 1. The summed E-state index contributed by atoms with van der Waals surface area (Å²) in [5.74, 6) is 1.32. The van der Waals surface area contributed by atoms with E-state index in [-0.39, 0.29) is 5.95 Å². The van der Waals surface area contributed by atoms with Gasteiger partial charge < -0.3 is 10.5 Å². The molecule has 2 rings (SSSR count). The predicted octanol–water partition coefficient (Wildman–Crippen LogP) is 0.457.